The van der Waals surface area contributed by atoms with Gasteiger partial charge in [-0.1, -0.05) is 18.2 Å². The van der Waals surface area contributed by atoms with E-state index in [-0.39, 0.29) is 24.8 Å². The van der Waals surface area contributed by atoms with Crippen molar-refractivity contribution in [3.8, 4) is 0 Å². The van der Waals surface area contributed by atoms with Gasteiger partial charge in [-0.25, -0.2) is 4.98 Å². The maximum Gasteiger partial charge on any atom is 0.111 e. The van der Waals surface area contributed by atoms with E-state index >= 15 is 0 Å². The van der Waals surface area contributed by atoms with E-state index in [1.54, 1.807) is 0 Å². The van der Waals surface area contributed by atoms with Crippen LogP contribution in [0.1, 0.15) is 17.0 Å². The molecule has 0 unspecified atom stereocenters. The number of H-pyrrole nitrogens is 1. The van der Waals surface area contributed by atoms with Crippen LogP contribution < -0.4 is 5.73 Å². The minimum atomic E-state index is 0. The molecule has 3 rings (SSSR count). The largest absolute Gasteiger partial charge is 0.399 e. The summed E-state index contributed by atoms with van der Waals surface area (Å²) in [6, 6.07) is 14.2. The lowest BCUT2D eigenvalue weighted by atomic mass is 10.1. The Morgan fingerprint density at radius 3 is 2.45 bits per heavy atom. The lowest BCUT2D eigenvalue weighted by Gasteiger charge is -1.98. The first-order chi connectivity index (χ1) is 8.70. The molecule has 1 aromatic heterocycles. The van der Waals surface area contributed by atoms with E-state index < -0.39 is 0 Å². The third-order valence-electron chi connectivity index (χ3n) is 3.04. The zero-order chi connectivity index (χ0) is 12.5. The van der Waals surface area contributed by atoms with E-state index in [0.717, 1.165) is 29.0 Å². The highest BCUT2D eigenvalue weighted by Crippen LogP contribution is 2.16. The number of benzene rings is 2. The Morgan fingerprint density at radius 1 is 1.05 bits per heavy atom. The number of nitrogens with zero attached hydrogens (tertiary/aromatic N) is 1. The molecule has 2 aromatic carbocycles. The van der Waals surface area contributed by atoms with E-state index in [1.165, 1.54) is 11.1 Å². The maximum atomic E-state index is 5.67. The fraction of sp³-hybridized carbons (Fsp3) is 0.133. The van der Waals surface area contributed by atoms with Crippen LogP contribution in [0.5, 0.6) is 0 Å². The molecule has 0 amide bonds. The number of halogens is 2. The topological polar surface area (TPSA) is 54.7 Å². The number of nitrogen functional groups attached to an aromatic ring is 1. The number of nitrogens with one attached hydrogen (secondary N) is 1. The van der Waals surface area contributed by atoms with Crippen LogP contribution in [0.25, 0.3) is 11.0 Å². The molecule has 3 nitrogen and oxygen atoms in total. The minimum absolute atomic E-state index is 0. The number of aromatic amines is 1. The van der Waals surface area contributed by atoms with Crippen LogP contribution in [-0.4, -0.2) is 9.97 Å². The SMILES string of the molecule is Cc1ccc2nc(Cc3ccc(N)cc3)[nH]c2c1.Cl.Cl. The second-order valence-corrected chi connectivity index (χ2v) is 4.62. The van der Waals surface area contributed by atoms with Gasteiger partial charge in [0, 0.05) is 12.1 Å². The molecule has 0 spiro atoms. The van der Waals surface area contributed by atoms with Crippen LogP contribution in [0.15, 0.2) is 42.5 Å². The highest BCUT2D eigenvalue weighted by molar-refractivity contribution is 5.85. The predicted molar refractivity (Wildman–Crippen MR) is 89.0 cm³/mol. The van der Waals surface area contributed by atoms with Crippen molar-refractivity contribution < 1.29 is 0 Å². The molecule has 0 aliphatic carbocycles. The molecular weight excluding hydrogens is 293 g/mol. The molecule has 3 aromatic rings. The van der Waals surface area contributed by atoms with Crippen molar-refractivity contribution in [2.75, 3.05) is 5.73 Å². The summed E-state index contributed by atoms with van der Waals surface area (Å²) in [5.74, 6) is 0.986. The van der Waals surface area contributed by atoms with Crippen molar-refractivity contribution in [1.82, 2.24) is 9.97 Å². The standard InChI is InChI=1S/C15H15N3.2ClH/c1-10-2-7-13-14(8-10)18-15(17-13)9-11-3-5-12(16)6-4-11;;/h2-8H,9,16H2,1H3,(H,17,18);2*1H. The first kappa shape index (κ1) is 16.3. The van der Waals surface area contributed by atoms with Crippen LogP contribution in [0.3, 0.4) is 0 Å². The van der Waals surface area contributed by atoms with Crippen LogP contribution in [-0.2, 0) is 6.42 Å². The quantitative estimate of drug-likeness (QED) is 0.706. The molecule has 20 heavy (non-hydrogen) atoms. The summed E-state index contributed by atoms with van der Waals surface area (Å²) < 4.78 is 0. The van der Waals surface area contributed by atoms with Gasteiger partial charge in [0.15, 0.2) is 0 Å². The summed E-state index contributed by atoms with van der Waals surface area (Å²) in [5.41, 5.74) is 11.0. The third-order valence-corrected chi connectivity index (χ3v) is 3.04. The first-order valence-corrected chi connectivity index (χ1v) is 6.00. The lowest BCUT2D eigenvalue weighted by Crippen LogP contribution is -1.91. The van der Waals surface area contributed by atoms with E-state index in [4.69, 9.17) is 5.73 Å². The molecular formula is C15H17Cl2N3. The van der Waals surface area contributed by atoms with Gasteiger partial charge >= 0.3 is 0 Å². The van der Waals surface area contributed by atoms with E-state index in [9.17, 15) is 0 Å². The van der Waals surface area contributed by atoms with Crippen LogP contribution in [0.4, 0.5) is 5.69 Å². The number of anilines is 1. The van der Waals surface area contributed by atoms with Crippen molar-refractivity contribution in [2.24, 2.45) is 0 Å². The summed E-state index contributed by atoms with van der Waals surface area (Å²) in [7, 11) is 0. The van der Waals surface area contributed by atoms with Crippen LogP contribution in [0, 0.1) is 6.92 Å². The molecule has 5 heteroatoms. The number of aromatic nitrogens is 2. The van der Waals surface area contributed by atoms with Gasteiger partial charge in [0.05, 0.1) is 11.0 Å². The van der Waals surface area contributed by atoms with Crippen molar-refractivity contribution in [1.29, 1.82) is 0 Å². The molecule has 0 saturated heterocycles. The molecule has 0 saturated carbocycles. The van der Waals surface area contributed by atoms with Crippen molar-refractivity contribution >= 4 is 41.5 Å². The number of fused-ring (bicyclic) bond motifs is 1. The molecule has 0 aliphatic rings. The Bertz CT molecular complexity index is 690. The number of aryl methyl sites for hydroxylation is 1. The van der Waals surface area contributed by atoms with Crippen molar-refractivity contribution in [3.63, 3.8) is 0 Å². The van der Waals surface area contributed by atoms with Gasteiger partial charge in [-0.05, 0) is 42.3 Å². The number of hydrogen-bond acceptors (Lipinski definition) is 2. The van der Waals surface area contributed by atoms with Gasteiger partial charge < -0.3 is 10.7 Å². The molecule has 0 fully saturated rings. The van der Waals surface area contributed by atoms with E-state index in [1.807, 2.05) is 30.3 Å². The van der Waals surface area contributed by atoms with Crippen molar-refractivity contribution in [3.05, 3.63) is 59.4 Å². The van der Waals surface area contributed by atoms with Crippen molar-refractivity contribution in [2.45, 2.75) is 13.3 Å². The normalized spacial score (nSPS) is 9.85. The molecule has 106 valence electrons. The highest BCUT2D eigenvalue weighted by Gasteiger charge is 2.03. The molecule has 1 heterocycles. The monoisotopic (exact) mass is 309 g/mol. The zero-order valence-electron chi connectivity index (χ0n) is 11.1. The fourth-order valence-corrected chi connectivity index (χ4v) is 2.09. The minimum Gasteiger partial charge on any atom is -0.399 e. The van der Waals surface area contributed by atoms with Crippen LogP contribution in [0.2, 0.25) is 0 Å². The third kappa shape index (κ3) is 3.44. The molecule has 0 aliphatic heterocycles. The average molecular weight is 310 g/mol. The fourth-order valence-electron chi connectivity index (χ4n) is 2.09. The van der Waals surface area contributed by atoms with Gasteiger partial charge in [0.1, 0.15) is 5.82 Å². The van der Waals surface area contributed by atoms with E-state index in [2.05, 4.69) is 29.0 Å². The van der Waals surface area contributed by atoms with Gasteiger partial charge in [-0.15, -0.1) is 24.8 Å². The number of nitrogens with two attached hydrogens (primary N) is 1. The summed E-state index contributed by atoms with van der Waals surface area (Å²) in [6.07, 6.45) is 0.800. The first-order valence-electron chi connectivity index (χ1n) is 6.00. The Morgan fingerprint density at radius 2 is 1.75 bits per heavy atom. The molecule has 0 bridgehead atoms. The highest BCUT2D eigenvalue weighted by atomic mass is 35.5. The van der Waals surface area contributed by atoms with Crippen LogP contribution >= 0.6 is 24.8 Å². The van der Waals surface area contributed by atoms with Gasteiger partial charge in [0.2, 0.25) is 0 Å². The molecule has 3 N–H and O–H groups in total. The summed E-state index contributed by atoms with van der Waals surface area (Å²) >= 11 is 0. The number of imidazole rings is 1. The Balaban J connectivity index is 0.000001000. The second-order valence-electron chi connectivity index (χ2n) is 4.62. The second kappa shape index (κ2) is 6.64. The van der Waals surface area contributed by atoms with Gasteiger partial charge in [-0.2, -0.15) is 0 Å². The zero-order valence-corrected chi connectivity index (χ0v) is 12.7. The summed E-state index contributed by atoms with van der Waals surface area (Å²) in [6.45, 7) is 2.08. The van der Waals surface area contributed by atoms with E-state index in [0.29, 0.717) is 0 Å². The molecule has 0 radical (unpaired) electrons. The number of rotatable bonds is 2. The van der Waals surface area contributed by atoms with Gasteiger partial charge in [-0.3, -0.25) is 0 Å². The average Bonchev–Trinajstić information content (AvgIpc) is 2.73. The summed E-state index contributed by atoms with van der Waals surface area (Å²) in [5, 5.41) is 0. The number of hydrogen-bond donors (Lipinski definition) is 2. The predicted octanol–water partition coefficient (Wildman–Crippen LogP) is 3.89. The Kier molecular flexibility index (Phi) is 5.43. The molecule has 0 atom stereocenters. The smallest absolute Gasteiger partial charge is 0.111 e. The Labute approximate surface area is 130 Å². The summed E-state index contributed by atoms with van der Waals surface area (Å²) in [4.78, 5) is 7.94. The lowest BCUT2D eigenvalue weighted by molar-refractivity contribution is 1.04. The Hall–Kier alpha value is -1.71. The maximum absolute atomic E-state index is 5.67. The van der Waals surface area contributed by atoms with Gasteiger partial charge in [0.25, 0.3) is 0 Å².